The van der Waals surface area contributed by atoms with Crippen LogP contribution in [0, 0.1) is 11.8 Å². The van der Waals surface area contributed by atoms with Crippen molar-refractivity contribution in [1.29, 1.82) is 0 Å². The van der Waals surface area contributed by atoms with E-state index in [0.717, 1.165) is 49.9 Å². The predicted octanol–water partition coefficient (Wildman–Crippen LogP) is 3.18. The number of hydrogen-bond donors (Lipinski definition) is 2. The van der Waals surface area contributed by atoms with Crippen LogP contribution in [0.1, 0.15) is 43.0 Å². The Morgan fingerprint density at radius 2 is 1.86 bits per heavy atom. The van der Waals surface area contributed by atoms with E-state index in [0.29, 0.717) is 12.1 Å². The summed E-state index contributed by atoms with van der Waals surface area (Å²) in [6.45, 7) is 1.15. The molecule has 1 aromatic carbocycles. The molecule has 0 unspecified atom stereocenters. The van der Waals surface area contributed by atoms with Gasteiger partial charge in [0.15, 0.2) is 0 Å². The van der Waals surface area contributed by atoms with Crippen LogP contribution in [0.3, 0.4) is 0 Å². The molecule has 37 heavy (non-hydrogen) atoms. The number of carbonyl (C=O) groups excluding carboxylic acids is 1. The van der Waals surface area contributed by atoms with E-state index in [4.69, 9.17) is 0 Å². The fraction of sp³-hybridized carbons (Fsp3) is 0.433. The van der Waals surface area contributed by atoms with Crippen LogP contribution in [0.15, 0.2) is 71.8 Å². The van der Waals surface area contributed by atoms with Crippen LogP contribution in [0.5, 0.6) is 0 Å². The topological polar surface area (TPSA) is 87.5 Å². The van der Waals surface area contributed by atoms with Gasteiger partial charge in [-0.25, -0.2) is 0 Å². The first-order chi connectivity index (χ1) is 18.2. The minimum absolute atomic E-state index is 0.0143. The first-order valence-electron chi connectivity index (χ1n) is 13.5. The first-order valence-corrected chi connectivity index (χ1v) is 13.5. The van der Waals surface area contributed by atoms with Crippen molar-refractivity contribution in [3.63, 3.8) is 0 Å². The Morgan fingerprint density at radius 3 is 2.59 bits per heavy atom. The maximum atomic E-state index is 13.8. The summed E-state index contributed by atoms with van der Waals surface area (Å²) >= 11 is 0. The van der Waals surface area contributed by atoms with Gasteiger partial charge >= 0.3 is 0 Å². The second-order valence-electron chi connectivity index (χ2n) is 10.7. The van der Waals surface area contributed by atoms with Crippen LogP contribution in [0.25, 0.3) is 11.1 Å². The number of pyridine rings is 2. The minimum atomic E-state index is -0.399. The Morgan fingerprint density at radius 1 is 1.05 bits per heavy atom. The molecule has 1 saturated heterocycles. The number of rotatable bonds is 7. The largest absolute Gasteiger partial charge is 0.396 e. The van der Waals surface area contributed by atoms with E-state index in [1.165, 1.54) is 5.56 Å². The number of amides is 1. The van der Waals surface area contributed by atoms with E-state index in [9.17, 15) is 14.7 Å². The summed E-state index contributed by atoms with van der Waals surface area (Å²) in [5.74, 6) is -0.618. The second kappa shape index (κ2) is 10.2. The van der Waals surface area contributed by atoms with Crippen molar-refractivity contribution < 1.29 is 9.90 Å². The summed E-state index contributed by atoms with van der Waals surface area (Å²) in [7, 11) is 0. The van der Waals surface area contributed by atoms with Gasteiger partial charge in [-0.15, -0.1) is 0 Å². The van der Waals surface area contributed by atoms with Gasteiger partial charge in [-0.3, -0.25) is 19.5 Å². The number of benzene rings is 1. The average Bonchev–Trinajstić information content (AvgIpc) is 3.52. The summed E-state index contributed by atoms with van der Waals surface area (Å²) < 4.78 is 1.85. The average molecular weight is 499 g/mol. The molecule has 0 spiro atoms. The quantitative estimate of drug-likeness (QED) is 0.523. The molecule has 2 bridgehead atoms. The van der Waals surface area contributed by atoms with Crippen LogP contribution in [-0.4, -0.2) is 50.7 Å². The molecule has 2 aliphatic heterocycles. The van der Waals surface area contributed by atoms with Gasteiger partial charge in [0.2, 0.25) is 5.91 Å². The van der Waals surface area contributed by atoms with Crippen molar-refractivity contribution in [3.8, 4) is 11.1 Å². The summed E-state index contributed by atoms with van der Waals surface area (Å²) in [6.07, 6.45) is 8.57. The number of aliphatic hydroxyl groups excluding tert-OH is 1. The highest BCUT2D eigenvalue weighted by atomic mass is 16.3. The third-order valence-electron chi connectivity index (χ3n) is 8.65. The van der Waals surface area contributed by atoms with Crippen molar-refractivity contribution in [2.45, 2.75) is 56.8 Å². The van der Waals surface area contributed by atoms with Gasteiger partial charge in [0, 0.05) is 66.9 Å². The highest BCUT2D eigenvalue weighted by molar-refractivity contribution is 5.81. The monoisotopic (exact) mass is 498 g/mol. The Bertz CT molecular complexity index is 1300. The summed E-state index contributed by atoms with van der Waals surface area (Å²) in [6, 6.07) is 17.8. The Balaban J connectivity index is 1.39. The number of nitrogens with zero attached hydrogens (tertiary/aromatic N) is 3. The molecule has 3 aromatic rings. The molecular weight excluding hydrogens is 464 g/mol. The molecular formula is C30H34N4O3. The zero-order valence-electron chi connectivity index (χ0n) is 21.0. The first kappa shape index (κ1) is 24.1. The molecule has 1 saturated carbocycles. The lowest BCUT2D eigenvalue weighted by atomic mass is 9.86. The number of aliphatic hydroxyl groups is 1. The number of carbonyl (C=O) groups is 1. The molecule has 6 rings (SSSR count). The number of nitrogens with one attached hydrogen (secondary N) is 1. The van der Waals surface area contributed by atoms with Gasteiger partial charge in [-0.2, -0.15) is 0 Å². The standard InChI is InChI=1S/C30H34N4O3/c35-19-24-26-18-34-25(13-12-23(30(34)37)21-9-6-15-31-17-21)28(27(24)29(36)32-22-10-4-5-11-22)33(26)16-14-20-7-2-1-3-8-20/h1-3,6-9,12-13,15,17,22,24,26-28,35H,4-5,10-11,14,16,18-19H2,(H,32,36)/t24-,26-,27+,28+/m1/s1. The molecule has 1 amide bonds. The van der Waals surface area contributed by atoms with E-state index in [-0.39, 0.29) is 42.1 Å². The van der Waals surface area contributed by atoms with Crippen LogP contribution in [0.4, 0.5) is 0 Å². The van der Waals surface area contributed by atoms with Gasteiger partial charge < -0.3 is 15.0 Å². The number of hydrogen-bond acceptors (Lipinski definition) is 5. The number of fused-ring (bicyclic) bond motifs is 4. The van der Waals surface area contributed by atoms with Crippen molar-refractivity contribution >= 4 is 5.91 Å². The molecule has 2 aromatic heterocycles. The van der Waals surface area contributed by atoms with Gasteiger partial charge in [0.1, 0.15) is 0 Å². The lowest BCUT2D eigenvalue weighted by Crippen LogP contribution is -2.47. The molecule has 2 fully saturated rings. The van der Waals surface area contributed by atoms with Gasteiger partial charge in [0.05, 0.1) is 12.0 Å². The molecule has 3 aliphatic rings. The van der Waals surface area contributed by atoms with E-state index in [1.807, 2.05) is 47.0 Å². The van der Waals surface area contributed by atoms with Crippen LogP contribution >= 0.6 is 0 Å². The summed E-state index contributed by atoms with van der Waals surface area (Å²) in [5, 5.41) is 13.9. The van der Waals surface area contributed by atoms with E-state index in [1.54, 1.807) is 12.4 Å². The zero-order chi connectivity index (χ0) is 25.4. The lowest BCUT2D eigenvalue weighted by molar-refractivity contribution is -0.128. The molecule has 1 aliphatic carbocycles. The van der Waals surface area contributed by atoms with Crippen LogP contribution in [0.2, 0.25) is 0 Å². The van der Waals surface area contributed by atoms with Crippen molar-refractivity contribution in [1.82, 2.24) is 19.8 Å². The fourth-order valence-corrected chi connectivity index (χ4v) is 6.84. The maximum Gasteiger partial charge on any atom is 0.258 e. The van der Waals surface area contributed by atoms with Gasteiger partial charge in [0.25, 0.3) is 5.56 Å². The lowest BCUT2D eigenvalue weighted by Gasteiger charge is -2.38. The molecule has 4 atom stereocenters. The third-order valence-corrected chi connectivity index (χ3v) is 8.65. The van der Waals surface area contributed by atoms with Gasteiger partial charge in [-0.05, 0) is 43.0 Å². The highest BCUT2D eigenvalue weighted by Gasteiger charge is 2.55. The van der Waals surface area contributed by atoms with Crippen molar-refractivity contribution in [2.24, 2.45) is 11.8 Å². The van der Waals surface area contributed by atoms with E-state index >= 15 is 0 Å². The predicted molar refractivity (Wildman–Crippen MR) is 142 cm³/mol. The third kappa shape index (κ3) is 4.40. The van der Waals surface area contributed by atoms with E-state index in [2.05, 4.69) is 27.3 Å². The minimum Gasteiger partial charge on any atom is -0.396 e. The molecule has 2 N–H and O–H groups in total. The second-order valence-corrected chi connectivity index (χ2v) is 10.7. The smallest absolute Gasteiger partial charge is 0.258 e. The summed E-state index contributed by atoms with van der Waals surface area (Å²) in [4.78, 5) is 34.1. The Hall–Kier alpha value is -3.29. The van der Waals surface area contributed by atoms with Gasteiger partial charge in [-0.1, -0.05) is 49.2 Å². The molecule has 7 nitrogen and oxygen atoms in total. The molecule has 7 heteroatoms. The molecule has 0 radical (unpaired) electrons. The molecule has 192 valence electrons. The highest BCUT2D eigenvalue weighted by Crippen LogP contribution is 2.48. The van der Waals surface area contributed by atoms with Crippen LogP contribution < -0.4 is 10.9 Å². The number of aromatic nitrogens is 2. The fourth-order valence-electron chi connectivity index (χ4n) is 6.84. The van der Waals surface area contributed by atoms with Crippen molar-refractivity contribution in [3.05, 3.63) is 88.6 Å². The SMILES string of the molecule is O=C(NC1CCCC1)[C@H]1[C@H](CO)[C@H]2Cn3c(ccc(-c4cccnc4)c3=O)[C@@H]1N2CCc1ccccc1. The van der Waals surface area contributed by atoms with Crippen molar-refractivity contribution in [2.75, 3.05) is 13.2 Å². The summed E-state index contributed by atoms with van der Waals surface area (Å²) in [5.41, 5.74) is 3.45. The normalized spacial score (nSPS) is 25.2. The zero-order valence-corrected chi connectivity index (χ0v) is 21.0. The molecule has 4 heterocycles. The Labute approximate surface area is 217 Å². The van der Waals surface area contributed by atoms with E-state index < -0.39 is 5.92 Å². The maximum absolute atomic E-state index is 13.8. The van der Waals surface area contributed by atoms with Crippen LogP contribution in [-0.2, 0) is 17.8 Å². The Kier molecular flexibility index (Phi) is 6.65.